The van der Waals surface area contributed by atoms with Crippen molar-refractivity contribution in [1.82, 2.24) is 24.5 Å². The number of fused-ring (bicyclic) bond motifs is 1. The van der Waals surface area contributed by atoms with Crippen LogP contribution >= 0.6 is 11.8 Å². The number of aromatic nitrogens is 4. The van der Waals surface area contributed by atoms with E-state index in [-0.39, 0.29) is 24.2 Å². The van der Waals surface area contributed by atoms with Gasteiger partial charge in [-0.2, -0.15) is 0 Å². The maximum atomic E-state index is 12.7. The molecule has 1 saturated carbocycles. The lowest BCUT2D eigenvalue weighted by atomic mass is 10.2. The van der Waals surface area contributed by atoms with Gasteiger partial charge < -0.3 is 5.32 Å². The van der Waals surface area contributed by atoms with Crippen molar-refractivity contribution in [1.29, 1.82) is 0 Å². The van der Waals surface area contributed by atoms with Crippen molar-refractivity contribution in [2.24, 2.45) is 0 Å². The van der Waals surface area contributed by atoms with Crippen molar-refractivity contribution in [3.63, 3.8) is 0 Å². The largest absolute Gasteiger partial charge is 0.352 e. The van der Waals surface area contributed by atoms with Crippen LogP contribution in [0.3, 0.4) is 0 Å². The molecule has 3 aromatic rings. The Morgan fingerprint density at radius 2 is 2.07 bits per heavy atom. The van der Waals surface area contributed by atoms with E-state index < -0.39 is 0 Å². The molecule has 1 fully saturated rings. The fourth-order valence-corrected chi connectivity index (χ4v) is 4.51. The Balaban J connectivity index is 1.60. The SMILES string of the molecule is Cc1ccc(Sc2nccn3c(=O)n(CC(=O)NC4CCCC4)nc23)c(C)c1. The zero-order valence-electron chi connectivity index (χ0n) is 16.0. The summed E-state index contributed by atoms with van der Waals surface area (Å²) < 4.78 is 2.66. The lowest BCUT2D eigenvalue weighted by Gasteiger charge is -2.11. The number of amides is 1. The first kappa shape index (κ1) is 18.7. The zero-order valence-corrected chi connectivity index (χ0v) is 16.8. The number of benzene rings is 1. The average Bonchev–Trinajstić information content (AvgIpc) is 3.27. The first-order chi connectivity index (χ1) is 13.5. The van der Waals surface area contributed by atoms with Gasteiger partial charge in [0.1, 0.15) is 11.6 Å². The minimum absolute atomic E-state index is 0.0787. The summed E-state index contributed by atoms with van der Waals surface area (Å²) in [5.74, 6) is -0.172. The third-order valence-electron chi connectivity index (χ3n) is 5.02. The van der Waals surface area contributed by atoms with Gasteiger partial charge in [0.15, 0.2) is 5.65 Å². The van der Waals surface area contributed by atoms with E-state index in [0.717, 1.165) is 36.1 Å². The molecule has 1 aliphatic carbocycles. The van der Waals surface area contributed by atoms with Crippen LogP contribution in [0, 0.1) is 13.8 Å². The number of hydrogen-bond acceptors (Lipinski definition) is 5. The van der Waals surface area contributed by atoms with Crippen molar-refractivity contribution >= 4 is 23.3 Å². The number of hydrogen-bond donors (Lipinski definition) is 1. The predicted octanol–water partition coefficient (Wildman–Crippen LogP) is 2.72. The Kier molecular flexibility index (Phi) is 5.21. The molecule has 0 bridgehead atoms. The van der Waals surface area contributed by atoms with Crippen molar-refractivity contribution in [2.45, 2.75) is 62.0 Å². The summed E-state index contributed by atoms with van der Waals surface area (Å²) in [5, 5.41) is 8.03. The second kappa shape index (κ2) is 7.79. The highest BCUT2D eigenvalue weighted by atomic mass is 32.2. The molecule has 1 amide bonds. The molecule has 1 N–H and O–H groups in total. The van der Waals surface area contributed by atoms with Gasteiger partial charge >= 0.3 is 5.69 Å². The van der Waals surface area contributed by atoms with E-state index in [1.54, 1.807) is 12.4 Å². The predicted molar refractivity (Wildman–Crippen MR) is 108 cm³/mol. The first-order valence-electron chi connectivity index (χ1n) is 9.50. The minimum atomic E-state index is -0.332. The third kappa shape index (κ3) is 3.82. The maximum Gasteiger partial charge on any atom is 0.350 e. The summed E-state index contributed by atoms with van der Waals surface area (Å²) in [6, 6.07) is 6.43. The van der Waals surface area contributed by atoms with Gasteiger partial charge in [-0.15, -0.1) is 5.10 Å². The van der Waals surface area contributed by atoms with Crippen molar-refractivity contribution in [3.05, 3.63) is 52.2 Å². The molecule has 2 heterocycles. The van der Waals surface area contributed by atoms with Crippen molar-refractivity contribution in [2.75, 3.05) is 0 Å². The Morgan fingerprint density at radius 1 is 1.29 bits per heavy atom. The highest BCUT2D eigenvalue weighted by Gasteiger charge is 2.19. The summed E-state index contributed by atoms with van der Waals surface area (Å²) in [7, 11) is 0. The standard InChI is InChI=1S/C20H23N5O2S/c1-13-7-8-16(14(2)11-13)28-19-18-23-25(20(27)24(18)10-9-21-19)12-17(26)22-15-5-3-4-6-15/h7-11,15H,3-6,12H2,1-2H3,(H,22,26). The molecule has 1 aliphatic rings. The van der Waals surface area contributed by atoms with Gasteiger partial charge in [0.25, 0.3) is 0 Å². The monoisotopic (exact) mass is 397 g/mol. The highest BCUT2D eigenvalue weighted by molar-refractivity contribution is 7.99. The number of carbonyl (C=O) groups is 1. The Hall–Kier alpha value is -2.61. The first-order valence-corrected chi connectivity index (χ1v) is 10.3. The number of nitrogens with zero attached hydrogens (tertiary/aromatic N) is 4. The quantitative estimate of drug-likeness (QED) is 0.716. The molecule has 0 atom stereocenters. The minimum Gasteiger partial charge on any atom is -0.352 e. The van der Waals surface area contributed by atoms with Crippen LogP contribution in [0.4, 0.5) is 0 Å². The molecule has 7 nitrogen and oxygen atoms in total. The topological polar surface area (TPSA) is 81.3 Å². The van der Waals surface area contributed by atoms with Crippen LogP contribution in [-0.2, 0) is 11.3 Å². The second-order valence-corrected chi connectivity index (χ2v) is 8.32. The zero-order chi connectivity index (χ0) is 19.7. The molecule has 0 saturated heterocycles. The van der Waals surface area contributed by atoms with Gasteiger partial charge in [-0.25, -0.2) is 18.9 Å². The summed E-state index contributed by atoms with van der Waals surface area (Å²) >= 11 is 1.47. The van der Waals surface area contributed by atoms with Crippen LogP contribution in [0.15, 0.2) is 45.3 Å². The summed E-state index contributed by atoms with van der Waals surface area (Å²) in [5.41, 5.74) is 2.47. The molecule has 0 radical (unpaired) electrons. The van der Waals surface area contributed by atoms with Crippen LogP contribution in [0.25, 0.3) is 5.65 Å². The Bertz CT molecular complexity index is 1080. The molecule has 146 valence electrons. The maximum absolute atomic E-state index is 12.7. The van der Waals surface area contributed by atoms with Gasteiger partial charge in [-0.1, -0.05) is 42.3 Å². The van der Waals surface area contributed by atoms with Crippen molar-refractivity contribution in [3.8, 4) is 0 Å². The molecular weight excluding hydrogens is 374 g/mol. The van der Waals surface area contributed by atoms with E-state index in [0.29, 0.717) is 10.7 Å². The van der Waals surface area contributed by atoms with E-state index in [9.17, 15) is 9.59 Å². The highest BCUT2D eigenvalue weighted by Crippen LogP contribution is 2.31. The van der Waals surface area contributed by atoms with Crippen LogP contribution in [0.2, 0.25) is 0 Å². The number of carbonyl (C=O) groups excluding carboxylic acids is 1. The fourth-order valence-electron chi connectivity index (χ4n) is 3.60. The van der Waals surface area contributed by atoms with E-state index in [4.69, 9.17) is 0 Å². The average molecular weight is 398 g/mol. The smallest absolute Gasteiger partial charge is 0.350 e. The molecule has 28 heavy (non-hydrogen) atoms. The number of rotatable bonds is 5. The summed E-state index contributed by atoms with van der Waals surface area (Å²) in [6.07, 6.45) is 7.47. The van der Waals surface area contributed by atoms with E-state index in [1.807, 2.05) is 19.1 Å². The van der Waals surface area contributed by atoms with Crippen LogP contribution in [0.5, 0.6) is 0 Å². The third-order valence-corrected chi connectivity index (χ3v) is 6.18. The van der Waals surface area contributed by atoms with Crippen LogP contribution in [0.1, 0.15) is 36.8 Å². The van der Waals surface area contributed by atoms with Gasteiger partial charge in [0.05, 0.1) is 0 Å². The molecule has 0 unspecified atom stereocenters. The van der Waals surface area contributed by atoms with Gasteiger partial charge in [-0.05, 0) is 38.3 Å². The van der Waals surface area contributed by atoms with E-state index >= 15 is 0 Å². The molecule has 8 heteroatoms. The van der Waals surface area contributed by atoms with E-state index in [2.05, 4.69) is 28.4 Å². The molecule has 1 aromatic carbocycles. The Morgan fingerprint density at radius 3 is 2.82 bits per heavy atom. The Labute approximate surface area is 167 Å². The molecular formula is C20H23N5O2S. The van der Waals surface area contributed by atoms with Gasteiger partial charge in [0.2, 0.25) is 5.91 Å². The fraction of sp³-hybridized carbons (Fsp3) is 0.400. The van der Waals surface area contributed by atoms with Gasteiger partial charge in [-0.3, -0.25) is 4.79 Å². The van der Waals surface area contributed by atoms with E-state index in [1.165, 1.54) is 26.4 Å². The molecule has 2 aromatic heterocycles. The number of nitrogens with one attached hydrogen (secondary N) is 1. The molecule has 4 rings (SSSR count). The molecule has 0 aliphatic heterocycles. The normalized spacial score (nSPS) is 14.6. The van der Waals surface area contributed by atoms with Crippen LogP contribution < -0.4 is 11.0 Å². The van der Waals surface area contributed by atoms with Crippen molar-refractivity contribution < 1.29 is 4.79 Å². The second-order valence-electron chi connectivity index (χ2n) is 7.29. The lowest BCUT2D eigenvalue weighted by molar-refractivity contribution is -0.122. The number of aryl methyl sites for hydroxylation is 2. The lowest BCUT2D eigenvalue weighted by Crippen LogP contribution is -2.37. The van der Waals surface area contributed by atoms with Gasteiger partial charge in [0, 0.05) is 23.3 Å². The summed E-state index contributed by atoms with van der Waals surface area (Å²) in [4.78, 5) is 30.4. The summed E-state index contributed by atoms with van der Waals surface area (Å²) in [6.45, 7) is 4.02. The molecule has 0 spiro atoms. The van der Waals surface area contributed by atoms with Crippen LogP contribution in [-0.4, -0.2) is 31.1 Å².